The van der Waals surface area contributed by atoms with Gasteiger partial charge in [-0.3, -0.25) is 53.1 Å². The van der Waals surface area contributed by atoms with Crippen LogP contribution in [0.5, 0.6) is 0 Å². The van der Waals surface area contributed by atoms with Crippen LogP contribution in [0.2, 0.25) is 0 Å². The van der Waals surface area contributed by atoms with Crippen LogP contribution in [0.25, 0.3) is 52.2 Å². The lowest BCUT2D eigenvalue weighted by Crippen LogP contribution is -2.49. The largest absolute Gasteiger partial charge is 0.481 e. The molecule has 101 heavy (non-hydrogen) atoms. The van der Waals surface area contributed by atoms with E-state index in [-0.39, 0.29) is 121 Å². The minimum Gasteiger partial charge on any atom is -0.481 e. The summed E-state index contributed by atoms with van der Waals surface area (Å²) in [6.45, 7) is 6.65. The summed E-state index contributed by atoms with van der Waals surface area (Å²) in [7, 11) is -10.0. The Hall–Kier alpha value is -11.6. The highest BCUT2D eigenvalue weighted by Gasteiger charge is 2.47. The standard InChI is InChI=1S/3C22H17FN2O5S.2C2H4O2/c3*1-13-18(10-17-6-7-20(30-17)14-2-4-15(23)5-3-14)21(26)25(22(27)19(13)11-24)16-8-9-31(28,29)12-16;2*1-2(3)4/h3*2-7,10,16H,8-9,12H2,1H3;2*1H3,(H,3,4)/b3*18-10-;;. The van der Waals surface area contributed by atoms with Crippen molar-refractivity contribution in [3.05, 3.63) is 194 Å². The van der Waals surface area contributed by atoms with Crippen LogP contribution in [0.3, 0.4) is 0 Å². The number of furan rings is 3. The molecule has 3 fully saturated rings. The lowest BCUT2D eigenvalue weighted by atomic mass is 9.93. The number of nitrogens with zero attached hydrogens (tertiary/aromatic N) is 6. The maximum Gasteiger partial charge on any atom is 0.300 e. The van der Waals surface area contributed by atoms with Crippen molar-refractivity contribution in [1.82, 2.24) is 14.7 Å². The number of rotatable bonds is 9. The number of aliphatic carboxylic acids is 2. The summed E-state index contributed by atoms with van der Waals surface area (Å²) < 4.78 is 128. The van der Waals surface area contributed by atoms with Crippen molar-refractivity contribution in [2.45, 2.75) is 72.0 Å². The number of halogens is 3. The number of nitriles is 3. The van der Waals surface area contributed by atoms with E-state index in [1.165, 1.54) is 75.4 Å². The fourth-order valence-corrected chi connectivity index (χ4v) is 16.4. The number of carbonyl (C=O) groups excluding carboxylic acids is 6. The molecule has 6 aromatic rings. The van der Waals surface area contributed by atoms with Gasteiger partial charge >= 0.3 is 0 Å². The highest BCUT2D eigenvalue weighted by atomic mass is 32.2. The topological polar surface area (TPSA) is 400 Å². The summed E-state index contributed by atoms with van der Waals surface area (Å²) in [4.78, 5) is 98.3. The average molecular weight is 1440 g/mol. The number of carboxylic acid groups (broad SMARTS) is 2. The third kappa shape index (κ3) is 17.8. The highest BCUT2D eigenvalue weighted by molar-refractivity contribution is 7.92. The second kappa shape index (κ2) is 31.1. The van der Waals surface area contributed by atoms with Crippen molar-refractivity contribution < 1.29 is 100 Å². The Morgan fingerprint density at radius 2 is 0.634 bits per heavy atom. The Bertz CT molecular complexity index is 4590. The molecule has 0 spiro atoms. The SMILES string of the molecule is CC(=O)O.CC(=O)O.CC1=C(C#N)C(=O)N(C2CCS(=O)(=O)C2)C(=O)/C1=C\c1ccc(-c2ccc(F)cc2)o1.CC1=C(C#N)C(=O)N(C2CCS(=O)(=O)C2)C(=O)/C1=C\c1ccc(-c2ccc(F)cc2)o1.CC1=C(C#N)C(=O)N(C2CCS(=O)(=O)C2)C(=O)/C1=C\c1ccc(-c2ccc(F)cc2)o1. The van der Waals surface area contributed by atoms with Crippen LogP contribution in [0.15, 0.2) is 173 Å². The quantitative estimate of drug-likeness (QED) is 0.101. The second-order valence-corrected chi connectivity index (χ2v) is 30.0. The van der Waals surface area contributed by atoms with E-state index in [2.05, 4.69) is 0 Å². The first kappa shape index (κ1) is 75.2. The molecule has 9 heterocycles. The molecule has 31 heteroatoms. The number of hydrogen-bond donors (Lipinski definition) is 2. The van der Waals surface area contributed by atoms with Gasteiger partial charge in [0.1, 0.15) is 86.9 Å². The van der Waals surface area contributed by atoms with Crippen LogP contribution < -0.4 is 0 Å². The van der Waals surface area contributed by atoms with Gasteiger partial charge in [-0.05, 0) is 184 Å². The molecule has 6 aliphatic rings. The molecular weight excluding hydrogens is 1380 g/mol. The molecule has 0 aliphatic carbocycles. The molecule has 3 aromatic heterocycles. The summed E-state index contributed by atoms with van der Waals surface area (Å²) in [5, 5.41) is 43.3. The number of imide groups is 3. The van der Waals surface area contributed by atoms with Crippen molar-refractivity contribution in [2.24, 2.45) is 0 Å². The number of amides is 6. The highest BCUT2D eigenvalue weighted by Crippen LogP contribution is 2.37. The Morgan fingerprint density at radius 3 is 0.822 bits per heavy atom. The summed E-state index contributed by atoms with van der Waals surface area (Å²) in [6.07, 6.45) is 4.68. The van der Waals surface area contributed by atoms with Crippen LogP contribution in [0, 0.1) is 51.4 Å². The fourth-order valence-electron chi connectivity index (χ4n) is 11.3. The van der Waals surface area contributed by atoms with E-state index in [1.54, 1.807) is 72.8 Å². The minimum absolute atomic E-state index is 0.0838. The van der Waals surface area contributed by atoms with Crippen LogP contribution in [0.1, 0.15) is 71.2 Å². The maximum atomic E-state index is 13.1. The van der Waals surface area contributed by atoms with Gasteiger partial charge in [-0.15, -0.1) is 0 Å². The zero-order chi connectivity index (χ0) is 74.2. The lowest BCUT2D eigenvalue weighted by Gasteiger charge is -2.31. The zero-order valence-corrected chi connectivity index (χ0v) is 56.5. The van der Waals surface area contributed by atoms with Gasteiger partial charge in [-0.25, -0.2) is 38.4 Å². The van der Waals surface area contributed by atoms with Gasteiger partial charge in [0.2, 0.25) is 0 Å². The first-order valence-corrected chi connectivity index (χ1v) is 35.7. The molecule has 12 rings (SSSR count). The van der Waals surface area contributed by atoms with Crippen LogP contribution in [-0.2, 0) is 67.9 Å². The number of carbonyl (C=O) groups is 8. The molecular formula is C70H59F3N6O19S3. The van der Waals surface area contributed by atoms with Crippen molar-refractivity contribution in [2.75, 3.05) is 34.5 Å². The van der Waals surface area contributed by atoms with Crippen molar-refractivity contribution >= 4 is 95.1 Å². The zero-order valence-electron chi connectivity index (χ0n) is 54.1. The molecule has 0 bridgehead atoms. The normalized spacial score (nSPS) is 21.0. The Kier molecular flexibility index (Phi) is 23.1. The molecule has 522 valence electrons. The van der Waals surface area contributed by atoms with E-state index in [1.807, 2.05) is 18.2 Å². The third-order valence-corrected chi connectivity index (χ3v) is 21.4. The van der Waals surface area contributed by atoms with E-state index >= 15 is 0 Å². The number of benzene rings is 3. The van der Waals surface area contributed by atoms with Crippen LogP contribution in [-0.4, -0.2) is 150 Å². The number of carboxylic acids is 2. The first-order valence-electron chi connectivity index (χ1n) is 30.3. The molecule has 0 radical (unpaired) electrons. The van der Waals surface area contributed by atoms with Crippen molar-refractivity contribution in [1.29, 1.82) is 15.8 Å². The number of hydrogen-bond acceptors (Lipinski definition) is 20. The van der Waals surface area contributed by atoms with Crippen LogP contribution >= 0.6 is 0 Å². The van der Waals surface area contributed by atoms with Gasteiger partial charge in [-0.2, -0.15) is 15.8 Å². The summed E-state index contributed by atoms with van der Waals surface area (Å²) in [5.74, 6) is -6.18. The monoisotopic (exact) mass is 1440 g/mol. The van der Waals surface area contributed by atoms with E-state index in [0.717, 1.165) is 28.5 Å². The van der Waals surface area contributed by atoms with E-state index in [4.69, 9.17) is 33.1 Å². The van der Waals surface area contributed by atoms with Gasteiger partial charge in [-0.1, -0.05) is 0 Å². The summed E-state index contributed by atoms with van der Waals surface area (Å²) in [6, 6.07) is 30.0. The van der Waals surface area contributed by atoms with Crippen LogP contribution in [0.4, 0.5) is 13.2 Å². The third-order valence-electron chi connectivity index (χ3n) is 16.2. The van der Waals surface area contributed by atoms with Gasteiger partial charge in [0.05, 0.1) is 52.6 Å². The molecule has 3 unspecified atom stereocenters. The van der Waals surface area contributed by atoms with Gasteiger partial charge in [0.15, 0.2) is 29.5 Å². The maximum absolute atomic E-state index is 13.1. The molecule has 6 aliphatic heterocycles. The molecule has 3 atom stereocenters. The second-order valence-electron chi connectivity index (χ2n) is 23.3. The molecule has 3 saturated heterocycles. The fraction of sp³-hybridized carbons (Fsp3) is 0.243. The molecule has 6 amide bonds. The van der Waals surface area contributed by atoms with E-state index in [0.29, 0.717) is 51.3 Å². The number of sulfone groups is 3. The Balaban J connectivity index is 0.000000182. The average Bonchev–Trinajstić information content (AvgIpc) is 1.35. The smallest absolute Gasteiger partial charge is 0.300 e. The predicted molar refractivity (Wildman–Crippen MR) is 355 cm³/mol. The molecule has 25 nitrogen and oxygen atoms in total. The van der Waals surface area contributed by atoms with E-state index < -0.39 is 95.0 Å². The Morgan fingerprint density at radius 1 is 0.416 bits per heavy atom. The van der Waals surface area contributed by atoms with Gasteiger partial charge in [0, 0.05) is 47.3 Å². The summed E-state index contributed by atoms with van der Waals surface area (Å²) in [5.41, 5.74) is 2.15. The summed E-state index contributed by atoms with van der Waals surface area (Å²) >= 11 is 0. The van der Waals surface area contributed by atoms with Crippen molar-refractivity contribution in [3.8, 4) is 52.2 Å². The molecule has 3 aromatic carbocycles. The van der Waals surface area contributed by atoms with Crippen molar-refractivity contribution in [3.63, 3.8) is 0 Å². The van der Waals surface area contributed by atoms with E-state index in [9.17, 15) is 83.0 Å². The lowest BCUT2D eigenvalue weighted by molar-refractivity contribution is -0.144. The molecule has 2 N–H and O–H groups in total. The predicted octanol–water partition coefficient (Wildman–Crippen LogP) is 8.78. The molecule has 0 saturated carbocycles. The first-order chi connectivity index (χ1) is 47.6. The minimum atomic E-state index is -3.35. The Labute approximate surface area is 575 Å². The van der Waals surface area contributed by atoms with Gasteiger partial charge < -0.3 is 23.5 Å². The van der Waals surface area contributed by atoms with Gasteiger partial charge in [0.25, 0.3) is 47.4 Å².